The molecule has 1 aliphatic heterocycles. The molecule has 3 aromatic carbocycles. The van der Waals surface area contributed by atoms with Crippen molar-refractivity contribution in [1.82, 2.24) is 4.90 Å². The summed E-state index contributed by atoms with van der Waals surface area (Å²) in [5, 5.41) is 24.3. The quantitative estimate of drug-likeness (QED) is 0.230. The molecule has 1 aliphatic rings. The minimum atomic E-state index is -0.794. The molecular weight excluding hydrogens is 516 g/mol. The predicted octanol–water partition coefficient (Wildman–Crippen LogP) is 5.28. The Hall–Kier alpha value is -5.04. The number of non-ortho nitro benzene ring substituents is 1. The van der Waals surface area contributed by atoms with Crippen molar-refractivity contribution in [2.24, 2.45) is 0 Å². The van der Waals surface area contributed by atoms with Crippen molar-refractivity contribution in [3.05, 3.63) is 103 Å². The van der Waals surface area contributed by atoms with Crippen molar-refractivity contribution in [3.63, 3.8) is 0 Å². The first kappa shape index (κ1) is 26.0. The first-order chi connectivity index (χ1) is 18.1. The largest absolute Gasteiger partial charge is 0.450 e. The SMILES string of the molecule is Cc1ccc(NC(=O)CN2C(=O)S/C(=C/c3cccc(Oc4ccc([N+](=O)[O-])cc4[N+](=O)[O-])c3)C2=O)cc1. The van der Waals surface area contributed by atoms with Crippen molar-refractivity contribution < 1.29 is 29.0 Å². The van der Waals surface area contributed by atoms with Crippen LogP contribution in [0.5, 0.6) is 11.5 Å². The number of nitro groups is 2. The van der Waals surface area contributed by atoms with Gasteiger partial charge in [0.2, 0.25) is 11.7 Å². The number of carbonyl (C=O) groups is 3. The van der Waals surface area contributed by atoms with Gasteiger partial charge in [0.25, 0.3) is 16.8 Å². The third-order valence-electron chi connectivity index (χ3n) is 5.24. The van der Waals surface area contributed by atoms with Crippen LogP contribution in [0.4, 0.5) is 21.9 Å². The van der Waals surface area contributed by atoms with Gasteiger partial charge in [-0.15, -0.1) is 0 Å². The molecular formula is C25H18N4O8S. The zero-order valence-corrected chi connectivity index (χ0v) is 20.5. The van der Waals surface area contributed by atoms with E-state index < -0.39 is 44.8 Å². The molecule has 4 rings (SSSR count). The van der Waals surface area contributed by atoms with E-state index in [9.17, 15) is 34.6 Å². The Morgan fingerprint density at radius 1 is 1.03 bits per heavy atom. The van der Waals surface area contributed by atoms with Gasteiger partial charge in [0.05, 0.1) is 20.8 Å². The Labute approximate surface area is 219 Å². The molecule has 1 saturated heterocycles. The molecule has 0 aromatic heterocycles. The van der Waals surface area contributed by atoms with Crippen LogP contribution in [0.2, 0.25) is 0 Å². The second-order valence-corrected chi connectivity index (χ2v) is 9.02. The highest BCUT2D eigenvalue weighted by atomic mass is 32.2. The lowest BCUT2D eigenvalue weighted by Gasteiger charge is -2.12. The van der Waals surface area contributed by atoms with E-state index in [2.05, 4.69) is 5.32 Å². The fourth-order valence-corrected chi connectivity index (χ4v) is 4.25. The summed E-state index contributed by atoms with van der Waals surface area (Å²) in [4.78, 5) is 59.3. The van der Waals surface area contributed by atoms with E-state index in [-0.39, 0.29) is 16.4 Å². The molecule has 0 radical (unpaired) electrons. The number of rotatable bonds is 8. The average Bonchev–Trinajstić information content (AvgIpc) is 3.12. The number of imide groups is 1. The number of thioether (sulfide) groups is 1. The maximum absolute atomic E-state index is 12.8. The lowest BCUT2D eigenvalue weighted by Crippen LogP contribution is -2.36. The van der Waals surface area contributed by atoms with Gasteiger partial charge in [-0.2, -0.15) is 0 Å². The van der Waals surface area contributed by atoms with Crippen molar-refractivity contribution in [1.29, 1.82) is 0 Å². The van der Waals surface area contributed by atoms with Crippen LogP contribution < -0.4 is 10.1 Å². The summed E-state index contributed by atoms with van der Waals surface area (Å²) in [6.07, 6.45) is 1.43. The molecule has 0 spiro atoms. The number of hydrogen-bond donors (Lipinski definition) is 1. The van der Waals surface area contributed by atoms with E-state index in [4.69, 9.17) is 4.74 Å². The van der Waals surface area contributed by atoms with E-state index in [0.29, 0.717) is 23.0 Å². The van der Waals surface area contributed by atoms with Crippen molar-refractivity contribution >= 4 is 52.0 Å². The molecule has 0 unspecified atom stereocenters. The molecule has 0 aliphatic carbocycles. The Bertz CT molecular complexity index is 1500. The Balaban J connectivity index is 1.48. The van der Waals surface area contributed by atoms with E-state index in [1.807, 2.05) is 19.1 Å². The van der Waals surface area contributed by atoms with Gasteiger partial charge < -0.3 is 10.1 Å². The van der Waals surface area contributed by atoms with Crippen LogP contribution in [0, 0.1) is 27.2 Å². The number of aryl methyl sites for hydroxylation is 1. The number of carbonyl (C=O) groups excluding carboxylic acids is 3. The fourth-order valence-electron chi connectivity index (χ4n) is 3.41. The van der Waals surface area contributed by atoms with Crippen LogP contribution in [-0.2, 0) is 9.59 Å². The number of nitro benzene ring substituents is 2. The average molecular weight is 535 g/mol. The summed E-state index contributed by atoms with van der Waals surface area (Å²) < 4.78 is 5.58. The third kappa shape index (κ3) is 6.02. The molecule has 0 bridgehead atoms. The van der Waals surface area contributed by atoms with Crippen LogP contribution in [0.1, 0.15) is 11.1 Å². The molecule has 1 fully saturated rings. The lowest BCUT2D eigenvalue weighted by atomic mass is 10.2. The highest BCUT2D eigenvalue weighted by Crippen LogP contribution is 2.36. The molecule has 1 heterocycles. The molecule has 12 nitrogen and oxygen atoms in total. The molecule has 0 atom stereocenters. The summed E-state index contributed by atoms with van der Waals surface area (Å²) >= 11 is 0.672. The summed E-state index contributed by atoms with van der Waals surface area (Å²) in [6.45, 7) is 1.45. The standard InChI is InChI=1S/C25H18N4O8S/c1-15-5-7-17(8-6-15)26-23(30)14-27-24(31)22(38-25(27)32)12-16-3-2-4-19(11-16)37-21-10-9-18(28(33)34)13-20(21)29(35)36/h2-13H,14H2,1H3,(H,26,30)/b22-12+. The number of benzene rings is 3. The van der Waals surface area contributed by atoms with Crippen molar-refractivity contribution in [2.75, 3.05) is 11.9 Å². The van der Waals surface area contributed by atoms with Crippen molar-refractivity contribution in [3.8, 4) is 11.5 Å². The number of nitrogens with one attached hydrogen (secondary N) is 1. The topological polar surface area (TPSA) is 162 Å². The molecule has 192 valence electrons. The third-order valence-corrected chi connectivity index (χ3v) is 6.15. The normalized spacial score (nSPS) is 14.0. The zero-order chi connectivity index (χ0) is 27.4. The van der Waals surface area contributed by atoms with Gasteiger partial charge in [0.1, 0.15) is 12.3 Å². The predicted molar refractivity (Wildman–Crippen MR) is 139 cm³/mol. The Kier molecular flexibility index (Phi) is 7.48. The highest BCUT2D eigenvalue weighted by Gasteiger charge is 2.36. The Morgan fingerprint density at radius 2 is 1.76 bits per heavy atom. The lowest BCUT2D eigenvalue weighted by molar-refractivity contribution is -0.394. The van der Waals surface area contributed by atoms with Gasteiger partial charge in [-0.05, 0) is 60.7 Å². The number of nitrogens with zero attached hydrogens (tertiary/aromatic N) is 3. The second kappa shape index (κ2) is 10.9. The molecule has 1 N–H and O–H groups in total. The fraction of sp³-hybridized carbons (Fsp3) is 0.0800. The smallest absolute Gasteiger partial charge is 0.318 e. The molecule has 3 aromatic rings. The first-order valence-electron chi connectivity index (χ1n) is 10.9. The molecule has 3 amide bonds. The van der Waals surface area contributed by atoms with E-state index in [1.165, 1.54) is 18.2 Å². The van der Waals surface area contributed by atoms with Crippen LogP contribution in [-0.4, -0.2) is 38.3 Å². The summed E-state index contributed by atoms with van der Waals surface area (Å²) in [5.41, 5.74) is 0.949. The van der Waals surface area contributed by atoms with Crippen LogP contribution >= 0.6 is 11.8 Å². The van der Waals surface area contributed by atoms with Gasteiger partial charge >= 0.3 is 5.69 Å². The number of anilines is 1. The minimum absolute atomic E-state index is 0.0802. The van der Waals surface area contributed by atoms with Gasteiger partial charge in [-0.25, -0.2) is 0 Å². The zero-order valence-electron chi connectivity index (χ0n) is 19.7. The number of ether oxygens (including phenoxy) is 1. The van der Waals surface area contributed by atoms with Crippen LogP contribution in [0.15, 0.2) is 71.6 Å². The van der Waals surface area contributed by atoms with Crippen LogP contribution in [0.25, 0.3) is 6.08 Å². The van der Waals surface area contributed by atoms with Gasteiger partial charge in [-0.3, -0.25) is 39.5 Å². The van der Waals surface area contributed by atoms with Gasteiger partial charge in [-0.1, -0.05) is 29.8 Å². The highest BCUT2D eigenvalue weighted by molar-refractivity contribution is 8.18. The summed E-state index contributed by atoms with van der Waals surface area (Å²) in [5.74, 6) is -1.22. The maximum Gasteiger partial charge on any atom is 0.318 e. The first-order valence-corrected chi connectivity index (χ1v) is 11.7. The minimum Gasteiger partial charge on any atom is -0.450 e. The van der Waals surface area contributed by atoms with E-state index in [0.717, 1.165) is 28.7 Å². The van der Waals surface area contributed by atoms with Crippen molar-refractivity contribution in [2.45, 2.75) is 6.92 Å². The number of hydrogen-bond acceptors (Lipinski definition) is 9. The molecule has 0 saturated carbocycles. The van der Waals surface area contributed by atoms with Gasteiger partial charge in [0, 0.05) is 11.8 Å². The number of amides is 3. The second-order valence-electron chi connectivity index (χ2n) is 8.02. The monoisotopic (exact) mass is 534 g/mol. The maximum atomic E-state index is 12.8. The summed E-state index contributed by atoms with van der Waals surface area (Å²) in [6, 6.07) is 16.2. The van der Waals surface area contributed by atoms with E-state index in [1.54, 1.807) is 24.3 Å². The van der Waals surface area contributed by atoms with Gasteiger partial charge in [0.15, 0.2) is 0 Å². The molecule has 38 heavy (non-hydrogen) atoms. The van der Waals surface area contributed by atoms with Crippen LogP contribution in [0.3, 0.4) is 0 Å². The molecule has 13 heteroatoms. The van der Waals surface area contributed by atoms with E-state index >= 15 is 0 Å². The summed E-state index contributed by atoms with van der Waals surface area (Å²) in [7, 11) is 0. The Morgan fingerprint density at radius 3 is 2.45 bits per heavy atom.